The van der Waals surface area contributed by atoms with E-state index in [1.54, 1.807) is 4.90 Å². The molecular formula is C26H25N5O3. The zero-order chi connectivity index (χ0) is 23.9. The molecule has 0 bridgehead atoms. The van der Waals surface area contributed by atoms with E-state index in [1.165, 1.54) is 6.33 Å². The van der Waals surface area contributed by atoms with Gasteiger partial charge in [-0.05, 0) is 48.6 Å². The van der Waals surface area contributed by atoms with Crippen LogP contribution in [0.15, 0.2) is 73.1 Å². The van der Waals surface area contributed by atoms with Crippen LogP contribution in [0.3, 0.4) is 0 Å². The first-order valence-corrected chi connectivity index (χ1v) is 11.0. The van der Waals surface area contributed by atoms with Crippen LogP contribution in [0.1, 0.15) is 12.8 Å². The van der Waals surface area contributed by atoms with Gasteiger partial charge < -0.3 is 20.1 Å². The highest BCUT2D eigenvalue weighted by atomic mass is 16.5. The van der Waals surface area contributed by atoms with Gasteiger partial charge in [0.2, 0.25) is 5.88 Å². The minimum atomic E-state index is -0.299. The van der Waals surface area contributed by atoms with Crippen LogP contribution in [0.5, 0.6) is 17.4 Å². The number of para-hydroxylation sites is 1. The van der Waals surface area contributed by atoms with Gasteiger partial charge in [0.05, 0.1) is 12.2 Å². The van der Waals surface area contributed by atoms with Crippen molar-refractivity contribution >= 4 is 11.7 Å². The number of amides is 1. The highest BCUT2D eigenvalue weighted by Gasteiger charge is 2.25. The van der Waals surface area contributed by atoms with Crippen molar-refractivity contribution in [3.63, 3.8) is 0 Å². The van der Waals surface area contributed by atoms with Crippen LogP contribution in [0.2, 0.25) is 0 Å². The summed E-state index contributed by atoms with van der Waals surface area (Å²) < 4.78 is 11.9. The van der Waals surface area contributed by atoms with Gasteiger partial charge in [-0.3, -0.25) is 4.79 Å². The predicted octanol–water partition coefficient (Wildman–Crippen LogP) is 4.22. The van der Waals surface area contributed by atoms with Crippen LogP contribution in [0.25, 0.3) is 11.1 Å². The molecule has 1 fully saturated rings. The molecule has 2 aromatic carbocycles. The number of nitrogens with zero attached hydrogens (tertiary/aromatic N) is 4. The summed E-state index contributed by atoms with van der Waals surface area (Å²) in [4.78, 5) is 22.2. The van der Waals surface area contributed by atoms with Crippen molar-refractivity contribution in [3.8, 4) is 34.6 Å². The van der Waals surface area contributed by atoms with Gasteiger partial charge in [-0.15, -0.1) is 0 Å². The number of nitrogen functional groups attached to an aromatic ring is 1. The largest absolute Gasteiger partial charge is 0.477 e. The van der Waals surface area contributed by atoms with E-state index in [0.717, 1.165) is 24.2 Å². The molecule has 0 spiro atoms. The quantitative estimate of drug-likeness (QED) is 0.419. The molecule has 1 aromatic heterocycles. The summed E-state index contributed by atoms with van der Waals surface area (Å²) >= 11 is 0. The van der Waals surface area contributed by atoms with Crippen molar-refractivity contribution in [3.05, 3.63) is 73.1 Å². The first kappa shape index (κ1) is 22.8. The molecule has 0 atom stereocenters. The molecule has 4 rings (SSSR count). The molecule has 34 heavy (non-hydrogen) atoms. The number of nitriles is 1. The molecule has 8 nitrogen and oxygen atoms in total. The lowest BCUT2D eigenvalue weighted by atomic mass is 9.97. The number of rotatable bonds is 7. The Morgan fingerprint density at radius 2 is 1.76 bits per heavy atom. The number of hydrogen-bond donors (Lipinski definition) is 1. The summed E-state index contributed by atoms with van der Waals surface area (Å²) in [5.41, 5.74) is 7.60. The fourth-order valence-corrected chi connectivity index (χ4v) is 3.82. The number of ether oxygens (including phenoxy) is 2. The summed E-state index contributed by atoms with van der Waals surface area (Å²) in [6.07, 6.45) is 2.92. The third kappa shape index (κ3) is 5.33. The van der Waals surface area contributed by atoms with E-state index < -0.39 is 0 Å². The van der Waals surface area contributed by atoms with Crippen LogP contribution >= 0.6 is 0 Å². The molecule has 0 saturated carbocycles. The Balaban J connectivity index is 1.40. The zero-order valence-electron chi connectivity index (χ0n) is 18.7. The molecule has 8 heteroatoms. The Morgan fingerprint density at radius 1 is 1.09 bits per heavy atom. The van der Waals surface area contributed by atoms with Crippen molar-refractivity contribution in [2.24, 2.45) is 5.92 Å². The smallest absolute Gasteiger partial charge is 0.263 e. The van der Waals surface area contributed by atoms with E-state index in [4.69, 9.17) is 20.5 Å². The lowest BCUT2D eigenvalue weighted by Crippen LogP contribution is -2.40. The van der Waals surface area contributed by atoms with Crippen LogP contribution in [-0.2, 0) is 4.79 Å². The maximum Gasteiger partial charge on any atom is 0.263 e. The topological polar surface area (TPSA) is 114 Å². The Morgan fingerprint density at radius 3 is 2.44 bits per heavy atom. The maximum absolute atomic E-state index is 12.1. The molecule has 0 radical (unpaired) electrons. The van der Waals surface area contributed by atoms with Gasteiger partial charge in [-0.2, -0.15) is 5.26 Å². The maximum atomic E-state index is 12.1. The van der Waals surface area contributed by atoms with E-state index in [2.05, 4.69) is 16.5 Å². The summed E-state index contributed by atoms with van der Waals surface area (Å²) in [6.45, 7) is 5.08. The summed E-state index contributed by atoms with van der Waals surface area (Å²) in [5.74, 6) is 2.16. The van der Waals surface area contributed by atoms with Gasteiger partial charge in [0.1, 0.15) is 35.3 Å². The Hall–Kier alpha value is -4.38. The molecule has 3 aromatic rings. The molecule has 172 valence electrons. The van der Waals surface area contributed by atoms with E-state index in [9.17, 15) is 4.79 Å². The minimum Gasteiger partial charge on any atom is -0.477 e. The third-order valence-electron chi connectivity index (χ3n) is 5.71. The Kier molecular flexibility index (Phi) is 7.04. The molecule has 0 aliphatic carbocycles. The fraction of sp³-hybridized carbons (Fsp3) is 0.231. The van der Waals surface area contributed by atoms with E-state index in [0.29, 0.717) is 42.7 Å². The van der Waals surface area contributed by atoms with Gasteiger partial charge in [0.15, 0.2) is 0 Å². The second kappa shape index (κ2) is 10.5. The van der Waals surface area contributed by atoms with Gasteiger partial charge in [0.25, 0.3) is 5.91 Å². The summed E-state index contributed by atoms with van der Waals surface area (Å²) in [5, 5.41) is 8.88. The third-order valence-corrected chi connectivity index (χ3v) is 5.71. The van der Waals surface area contributed by atoms with Crippen LogP contribution in [-0.4, -0.2) is 40.5 Å². The van der Waals surface area contributed by atoms with Gasteiger partial charge >= 0.3 is 0 Å². The Bertz CT molecular complexity index is 1200. The van der Waals surface area contributed by atoms with E-state index in [1.807, 2.05) is 60.7 Å². The SMILES string of the molecule is C=C(C#N)C(=O)N1CCC(COc2ncnc(N)c2-c2ccc(Oc3ccccc3)cc2)CC1. The molecule has 0 unspecified atom stereocenters. The lowest BCUT2D eigenvalue weighted by Gasteiger charge is -2.31. The van der Waals surface area contributed by atoms with Gasteiger partial charge in [-0.25, -0.2) is 9.97 Å². The highest BCUT2D eigenvalue weighted by Crippen LogP contribution is 2.34. The molecule has 2 heterocycles. The zero-order valence-corrected chi connectivity index (χ0v) is 18.7. The fourth-order valence-electron chi connectivity index (χ4n) is 3.82. The number of benzene rings is 2. The van der Waals surface area contributed by atoms with Gasteiger partial charge in [0, 0.05) is 13.1 Å². The van der Waals surface area contributed by atoms with Crippen molar-refractivity contribution < 1.29 is 14.3 Å². The first-order chi connectivity index (χ1) is 16.5. The predicted molar refractivity (Wildman–Crippen MR) is 128 cm³/mol. The second-order valence-electron chi connectivity index (χ2n) is 8.02. The normalized spacial score (nSPS) is 13.7. The molecule has 1 saturated heterocycles. The number of aromatic nitrogens is 2. The van der Waals surface area contributed by atoms with Crippen molar-refractivity contribution in [2.45, 2.75) is 12.8 Å². The lowest BCUT2D eigenvalue weighted by molar-refractivity contribution is -0.128. The van der Waals surface area contributed by atoms with Crippen LogP contribution < -0.4 is 15.2 Å². The number of anilines is 1. The van der Waals surface area contributed by atoms with Crippen molar-refractivity contribution in [2.75, 3.05) is 25.4 Å². The molecule has 1 aliphatic heterocycles. The molecule has 2 N–H and O–H groups in total. The van der Waals surface area contributed by atoms with Gasteiger partial charge in [-0.1, -0.05) is 36.9 Å². The number of carbonyl (C=O) groups excluding carboxylic acids is 1. The number of piperidine rings is 1. The minimum absolute atomic E-state index is 0.0315. The van der Waals surface area contributed by atoms with Crippen LogP contribution in [0.4, 0.5) is 5.82 Å². The number of hydrogen-bond acceptors (Lipinski definition) is 7. The van der Waals surface area contributed by atoms with E-state index >= 15 is 0 Å². The molecule has 1 amide bonds. The van der Waals surface area contributed by atoms with Crippen molar-refractivity contribution in [1.82, 2.24) is 14.9 Å². The van der Waals surface area contributed by atoms with Crippen molar-refractivity contribution in [1.29, 1.82) is 5.26 Å². The molecule has 1 aliphatic rings. The second-order valence-corrected chi connectivity index (χ2v) is 8.02. The molecular weight excluding hydrogens is 430 g/mol. The van der Waals surface area contributed by atoms with Crippen LogP contribution in [0, 0.1) is 17.2 Å². The number of carbonyl (C=O) groups is 1. The van der Waals surface area contributed by atoms with E-state index in [-0.39, 0.29) is 17.4 Å². The number of nitrogens with two attached hydrogens (primary N) is 1. The monoisotopic (exact) mass is 455 g/mol. The Labute approximate surface area is 198 Å². The summed E-state index contributed by atoms with van der Waals surface area (Å²) in [6, 6.07) is 18.9. The highest BCUT2D eigenvalue weighted by molar-refractivity contribution is 5.96. The standard InChI is InChI=1S/C26H25N5O3/c1-18(15-27)26(32)31-13-11-19(12-14-31)16-33-25-23(24(28)29-17-30-25)20-7-9-22(10-8-20)34-21-5-3-2-4-6-21/h2-10,17,19H,1,11-14,16H2,(H2,28,29,30). The summed E-state index contributed by atoms with van der Waals surface area (Å²) in [7, 11) is 0. The average Bonchev–Trinajstić information content (AvgIpc) is 2.88. The first-order valence-electron chi connectivity index (χ1n) is 11.0. The average molecular weight is 456 g/mol. The number of likely N-dealkylation sites (tertiary alicyclic amines) is 1.